The van der Waals surface area contributed by atoms with E-state index in [0.29, 0.717) is 22.0 Å². The predicted molar refractivity (Wildman–Crippen MR) is 114 cm³/mol. The molecule has 29 heavy (non-hydrogen) atoms. The van der Waals surface area contributed by atoms with E-state index in [4.69, 9.17) is 11.6 Å². The van der Waals surface area contributed by atoms with Crippen LogP contribution in [0.1, 0.15) is 35.3 Å². The van der Waals surface area contributed by atoms with Gasteiger partial charge >= 0.3 is 0 Å². The summed E-state index contributed by atoms with van der Waals surface area (Å²) >= 11 is 6.07. The minimum Gasteiger partial charge on any atom is -0.370 e. The highest BCUT2D eigenvalue weighted by Gasteiger charge is 2.20. The first-order valence-electron chi connectivity index (χ1n) is 9.69. The number of nitrogens with one attached hydrogen (secondary N) is 1. The fraction of sp³-hybridized carbons (Fsp3) is 0.273. The molecular weight excluding hydrogens is 391 g/mol. The molecule has 1 aliphatic heterocycles. The van der Waals surface area contributed by atoms with Crippen LogP contribution in [0, 0.1) is 12.7 Å². The Kier molecular flexibility index (Phi) is 5.53. The SMILES string of the molecule is Cc1c(C(=O)Nc2cc(F)ccc2N2CCCCC2)cnn1-c1cccc(Cl)c1. The molecule has 0 atom stereocenters. The third-order valence-electron chi connectivity index (χ3n) is 5.21. The van der Waals surface area contributed by atoms with Crippen molar-refractivity contribution in [3.05, 3.63) is 70.8 Å². The largest absolute Gasteiger partial charge is 0.370 e. The number of anilines is 2. The molecule has 0 bridgehead atoms. The number of carbonyl (C=O) groups excluding carboxylic acids is 1. The van der Waals surface area contributed by atoms with Gasteiger partial charge in [-0.25, -0.2) is 9.07 Å². The lowest BCUT2D eigenvalue weighted by Gasteiger charge is -2.30. The first-order chi connectivity index (χ1) is 14.0. The van der Waals surface area contributed by atoms with Crippen LogP contribution in [0.5, 0.6) is 0 Å². The van der Waals surface area contributed by atoms with Crippen LogP contribution >= 0.6 is 11.6 Å². The second kappa shape index (κ2) is 8.25. The topological polar surface area (TPSA) is 50.2 Å². The summed E-state index contributed by atoms with van der Waals surface area (Å²) in [5.74, 6) is -0.702. The third kappa shape index (κ3) is 4.12. The number of nitrogens with zero attached hydrogens (tertiary/aromatic N) is 3. The summed E-state index contributed by atoms with van der Waals surface area (Å²) in [5.41, 5.74) is 3.21. The van der Waals surface area contributed by atoms with E-state index < -0.39 is 0 Å². The number of hydrogen-bond donors (Lipinski definition) is 1. The van der Waals surface area contributed by atoms with Crippen LogP contribution in [-0.2, 0) is 0 Å². The maximum Gasteiger partial charge on any atom is 0.259 e. The molecule has 4 rings (SSSR count). The molecule has 0 unspecified atom stereocenters. The zero-order valence-electron chi connectivity index (χ0n) is 16.2. The van der Waals surface area contributed by atoms with E-state index in [1.165, 1.54) is 24.8 Å². The second-order valence-corrected chi connectivity index (χ2v) is 7.64. The van der Waals surface area contributed by atoms with Crippen molar-refractivity contribution in [1.82, 2.24) is 9.78 Å². The Bertz CT molecular complexity index is 1040. The zero-order valence-corrected chi connectivity index (χ0v) is 16.9. The molecule has 1 aromatic heterocycles. The van der Waals surface area contributed by atoms with Gasteiger partial charge < -0.3 is 10.2 Å². The molecule has 5 nitrogen and oxygen atoms in total. The van der Waals surface area contributed by atoms with Gasteiger partial charge in [0.15, 0.2) is 0 Å². The monoisotopic (exact) mass is 412 g/mol. The van der Waals surface area contributed by atoms with Gasteiger partial charge in [-0.1, -0.05) is 17.7 Å². The van der Waals surface area contributed by atoms with Crippen LogP contribution < -0.4 is 10.2 Å². The molecular formula is C22H22ClFN4O. The Hall–Kier alpha value is -2.86. The molecule has 1 saturated heterocycles. The number of halogens is 2. The maximum atomic E-state index is 13.9. The van der Waals surface area contributed by atoms with Crippen LogP contribution in [0.15, 0.2) is 48.7 Å². The summed E-state index contributed by atoms with van der Waals surface area (Å²) < 4.78 is 15.6. The lowest BCUT2D eigenvalue weighted by Crippen LogP contribution is -2.30. The van der Waals surface area contributed by atoms with Crippen molar-refractivity contribution >= 4 is 28.9 Å². The quantitative estimate of drug-likeness (QED) is 0.639. The Morgan fingerprint density at radius 3 is 2.69 bits per heavy atom. The highest BCUT2D eigenvalue weighted by atomic mass is 35.5. The minimum absolute atomic E-state index is 0.320. The lowest BCUT2D eigenvalue weighted by molar-refractivity contribution is 0.102. The molecule has 0 aliphatic carbocycles. The van der Waals surface area contributed by atoms with E-state index in [1.807, 2.05) is 19.1 Å². The van der Waals surface area contributed by atoms with E-state index in [0.717, 1.165) is 37.3 Å². The van der Waals surface area contributed by atoms with Gasteiger partial charge in [0, 0.05) is 18.1 Å². The van der Waals surface area contributed by atoms with Crippen molar-refractivity contribution in [2.75, 3.05) is 23.3 Å². The van der Waals surface area contributed by atoms with Crippen molar-refractivity contribution in [3.63, 3.8) is 0 Å². The molecule has 0 saturated carbocycles. The summed E-state index contributed by atoms with van der Waals surface area (Å²) in [6.07, 6.45) is 4.90. The molecule has 1 amide bonds. The summed E-state index contributed by atoms with van der Waals surface area (Å²) in [6.45, 7) is 3.63. The lowest BCUT2D eigenvalue weighted by atomic mass is 10.1. The highest BCUT2D eigenvalue weighted by molar-refractivity contribution is 6.30. The number of carbonyl (C=O) groups is 1. The third-order valence-corrected chi connectivity index (χ3v) is 5.45. The highest BCUT2D eigenvalue weighted by Crippen LogP contribution is 2.30. The average molecular weight is 413 g/mol. The summed E-state index contributed by atoms with van der Waals surface area (Å²) in [6, 6.07) is 11.8. The zero-order chi connectivity index (χ0) is 20.4. The van der Waals surface area contributed by atoms with Gasteiger partial charge in [-0.15, -0.1) is 0 Å². The first kappa shape index (κ1) is 19.5. The molecule has 2 aromatic carbocycles. The van der Waals surface area contributed by atoms with Crippen LogP contribution in [0.4, 0.5) is 15.8 Å². The Morgan fingerprint density at radius 1 is 1.14 bits per heavy atom. The van der Waals surface area contributed by atoms with Crippen molar-refractivity contribution < 1.29 is 9.18 Å². The fourth-order valence-corrected chi connectivity index (χ4v) is 3.89. The number of piperidine rings is 1. The molecule has 2 heterocycles. The van der Waals surface area contributed by atoms with Gasteiger partial charge in [0.25, 0.3) is 5.91 Å². The Balaban J connectivity index is 1.61. The van der Waals surface area contributed by atoms with Gasteiger partial charge in [-0.05, 0) is 62.6 Å². The van der Waals surface area contributed by atoms with Crippen molar-refractivity contribution in [3.8, 4) is 5.69 Å². The normalized spacial score (nSPS) is 14.1. The van der Waals surface area contributed by atoms with E-state index in [-0.39, 0.29) is 11.7 Å². The molecule has 7 heteroatoms. The molecule has 3 aromatic rings. The molecule has 1 N–H and O–H groups in total. The molecule has 1 fully saturated rings. The van der Waals surface area contributed by atoms with E-state index in [9.17, 15) is 9.18 Å². The average Bonchev–Trinajstić information content (AvgIpc) is 3.10. The van der Waals surface area contributed by atoms with Gasteiger partial charge in [0.05, 0.1) is 34.5 Å². The summed E-state index contributed by atoms with van der Waals surface area (Å²) in [7, 11) is 0. The van der Waals surface area contributed by atoms with Gasteiger partial charge in [0.1, 0.15) is 5.82 Å². The number of benzene rings is 2. The van der Waals surface area contributed by atoms with Crippen molar-refractivity contribution in [1.29, 1.82) is 0 Å². The van der Waals surface area contributed by atoms with E-state index >= 15 is 0 Å². The number of amides is 1. The second-order valence-electron chi connectivity index (χ2n) is 7.20. The Labute approximate surface area is 174 Å². The van der Waals surface area contributed by atoms with Crippen LogP contribution in [0.25, 0.3) is 5.69 Å². The first-order valence-corrected chi connectivity index (χ1v) is 10.1. The standard InChI is InChI=1S/C22H22ClFN4O/c1-15-19(14-25-28(15)18-7-5-6-16(23)12-18)22(29)26-20-13-17(24)8-9-21(20)27-10-3-2-4-11-27/h5-9,12-14H,2-4,10-11H2,1H3,(H,26,29). The summed E-state index contributed by atoms with van der Waals surface area (Å²) in [5, 5.41) is 7.81. The van der Waals surface area contributed by atoms with Crippen molar-refractivity contribution in [2.45, 2.75) is 26.2 Å². The van der Waals surface area contributed by atoms with Gasteiger partial charge in [-0.3, -0.25) is 4.79 Å². The van der Waals surface area contributed by atoms with E-state index in [1.54, 1.807) is 22.9 Å². The van der Waals surface area contributed by atoms with Crippen LogP contribution in [-0.4, -0.2) is 28.8 Å². The smallest absolute Gasteiger partial charge is 0.259 e. The minimum atomic E-state index is -0.382. The summed E-state index contributed by atoms with van der Waals surface area (Å²) in [4.78, 5) is 15.2. The Morgan fingerprint density at radius 2 is 1.93 bits per heavy atom. The molecule has 1 aliphatic rings. The maximum absolute atomic E-state index is 13.9. The van der Waals surface area contributed by atoms with Gasteiger partial charge in [0.2, 0.25) is 0 Å². The molecule has 0 radical (unpaired) electrons. The van der Waals surface area contributed by atoms with Crippen LogP contribution in [0.3, 0.4) is 0 Å². The predicted octanol–water partition coefficient (Wildman–Crippen LogP) is 5.22. The van der Waals surface area contributed by atoms with Crippen LogP contribution in [0.2, 0.25) is 5.02 Å². The van der Waals surface area contributed by atoms with E-state index in [2.05, 4.69) is 15.3 Å². The number of rotatable bonds is 4. The van der Waals surface area contributed by atoms with Gasteiger partial charge in [-0.2, -0.15) is 5.10 Å². The number of aromatic nitrogens is 2. The molecule has 150 valence electrons. The fourth-order valence-electron chi connectivity index (χ4n) is 3.71. The van der Waals surface area contributed by atoms with Crippen molar-refractivity contribution in [2.24, 2.45) is 0 Å². The molecule has 0 spiro atoms. The number of hydrogen-bond acceptors (Lipinski definition) is 3.